The molecule has 1 atom stereocenters. The topological polar surface area (TPSA) is 103 Å². The first-order chi connectivity index (χ1) is 12.2. The number of ether oxygens (including phenoxy) is 3. The van der Waals surface area contributed by atoms with Crippen molar-refractivity contribution in [1.82, 2.24) is 10.6 Å². The number of nitrogens with one attached hydrogen (secondary N) is 2. The first kappa shape index (κ1) is 21.4. The normalized spacial score (nSPS) is 12.0. The summed E-state index contributed by atoms with van der Waals surface area (Å²) < 4.78 is 14.8. The number of benzene rings is 1. The minimum atomic E-state index is -1.02. The Bertz CT molecular complexity index is 597. The Labute approximate surface area is 153 Å². The van der Waals surface area contributed by atoms with Crippen LogP contribution in [0, 0.1) is 0 Å². The molecule has 8 nitrogen and oxygen atoms in total. The van der Waals surface area contributed by atoms with Crippen LogP contribution in [-0.2, 0) is 30.3 Å². The van der Waals surface area contributed by atoms with Gasteiger partial charge in [-0.1, -0.05) is 30.3 Å². The van der Waals surface area contributed by atoms with Crippen LogP contribution in [0.3, 0.4) is 0 Å². The summed E-state index contributed by atoms with van der Waals surface area (Å²) in [7, 11) is 1.23. The lowest BCUT2D eigenvalue weighted by Crippen LogP contribution is -2.50. The molecule has 0 radical (unpaired) electrons. The van der Waals surface area contributed by atoms with Gasteiger partial charge in [-0.3, -0.25) is 4.79 Å². The molecule has 0 unspecified atom stereocenters. The number of hydrogen-bond donors (Lipinski definition) is 2. The van der Waals surface area contributed by atoms with Gasteiger partial charge in [0, 0.05) is 6.54 Å². The summed E-state index contributed by atoms with van der Waals surface area (Å²) in [6, 6.07) is 8.31. The summed E-state index contributed by atoms with van der Waals surface area (Å²) in [6.07, 6.45) is -0.751. The van der Waals surface area contributed by atoms with Crippen molar-refractivity contribution in [3.8, 4) is 0 Å². The zero-order valence-electron chi connectivity index (χ0n) is 15.5. The van der Waals surface area contributed by atoms with Crippen molar-refractivity contribution in [1.29, 1.82) is 0 Å². The maximum Gasteiger partial charge on any atom is 0.408 e. The van der Waals surface area contributed by atoms with Crippen molar-refractivity contribution >= 4 is 18.0 Å². The van der Waals surface area contributed by atoms with Gasteiger partial charge in [-0.2, -0.15) is 0 Å². The SMILES string of the molecule is COC(=O)COC[C@H](NC(=O)OC(C)(C)C)C(=O)NCc1ccccc1. The number of hydrogen-bond acceptors (Lipinski definition) is 6. The third kappa shape index (κ3) is 9.03. The lowest BCUT2D eigenvalue weighted by atomic mass is 10.2. The molecule has 0 aliphatic heterocycles. The van der Waals surface area contributed by atoms with Gasteiger partial charge in [0.1, 0.15) is 18.2 Å². The minimum Gasteiger partial charge on any atom is -0.467 e. The summed E-state index contributed by atoms with van der Waals surface area (Å²) >= 11 is 0. The van der Waals surface area contributed by atoms with E-state index in [0.29, 0.717) is 6.54 Å². The molecule has 144 valence electrons. The highest BCUT2D eigenvalue weighted by molar-refractivity contribution is 5.85. The number of alkyl carbamates (subject to hydrolysis) is 1. The van der Waals surface area contributed by atoms with Gasteiger partial charge in [-0.15, -0.1) is 0 Å². The molecule has 0 spiro atoms. The Kier molecular flexibility index (Phi) is 8.57. The van der Waals surface area contributed by atoms with E-state index in [1.54, 1.807) is 20.8 Å². The Hall–Kier alpha value is -2.61. The predicted molar refractivity (Wildman–Crippen MR) is 94.3 cm³/mol. The highest BCUT2D eigenvalue weighted by Crippen LogP contribution is 2.07. The molecule has 1 rings (SSSR count). The van der Waals surface area contributed by atoms with Gasteiger partial charge in [0.15, 0.2) is 0 Å². The van der Waals surface area contributed by atoms with Gasteiger partial charge in [0.05, 0.1) is 13.7 Å². The second-order valence-corrected chi connectivity index (χ2v) is 6.49. The Morgan fingerprint density at radius 1 is 1.12 bits per heavy atom. The zero-order valence-corrected chi connectivity index (χ0v) is 15.5. The summed E-state index contributed by atoms with van der Waals surface area (Å²) in [5.41, 5.74) is 0.203. The molecule has 2 N–H and O–H groups in total. The molecule has 26 heavy (non-hydrogen) atoms. The number of amides is 2. The number of carbonyl (C=O) groups is 3. The van der Waals surface area contributed by atoms with E-state index < -0.39 is 29.6 Å². The average molecular weight is 366 g/mol. The number of carbonyl (C=O) groups excluding carboxylic acids is 3. The number of esters is 1. The van der Waals surface area contributed by atoms with Gasteiger partial charge in [-0.25, -0.2) is 9.59 Å². The first-order valence-electron chi connectivity index (χ1n) is 8.17. The van der Waals surface area contributed by atoms with E-state index >= 15 is 0 Å². The molecule has 0 aliphatic rings. The van der Waals surface area contributed by atoms with E-state index in [9.17, 15) is 14.4 Å². The maximum absolute atomic E-state index is 12.4. The molecule has 0 aliphatic carbocycles. The zero-order chi connectivity index (χ0) is 19.6. The van der Waals surface area contributed by atoms with E-state index in [0.717, 1.165) is 5.56 Å². The number of rotatable bonds is 8. The molecular weight excluding hydrogens is 340 g/mol. The van der Waals surface area contributed by atoms with E-state index in [1.807, 2.05) is 30.3 Å². The van der Waals surface area contributed by atoms with Crippen LogP contribution in [0.5, 0.6) is 0 Å². The van der Waals surface area contributed by atoms with Crippen LogP contribution in [-0.4, -0.2) is 49.9 Å². The van der Waals surface area contributed by atoms with Gasteiger partial charge in [-0.05, 0) is 26.3 Å². The Morgan fingerprint density at radius 2 is 1.77 bits per heavy atom. The quantitative estimate of drug-likeness (QED) is 0.674. The van der Waals surface area contributed by atoms with Gasteiger partial charge < -0.3 is 24.8 Å². The molecule has 2 amide bonds. The largest absolute Gasteiger partial charge is 0.467 e. The third-order valence-corrected chi connectivity index (χ3v) is 3.05. The van der Waals surface area contributed by atoms with Crippen molar-refractivity contribution in [2.75, 3.05) is 20.3 Å². The standard InChI is InChI=1S/C18H26N2O6/c1-18(2,3)26-17(23)20-14(11-25-12-15(21)24-4)16(22)19-10-13-8-6-5-7-9-13/h5-9,14H,10-12H2,1-4H3,(H,19,22)(H,20,23)/t14-/m0/s1. The molecule has 0 bridgehead atoms. The van der Waals surface area contributed by atoms with E-state index in [-0.39, 0.29) is 13.2 Å². The monoisotopic (exact) mass is 366 g/mol. The van der Waals surface area contributed by atoms with Gasteiger partial charge >= 0.3 is 12.1 Å². The second kappa shape index (κ2) is 10.4. The van der Waals surface area contributed by atoms with Crippen LogP contribution < -0.4 is 10.6 Å². The predicted octanol–water partition coefficient (Wildman–Crippen LogP) is 1.39. The van der Waals surface area contributed by atoms with Crippen molar-refractivity contribution in [2.45, 2.75) is 39.0 Å². The molecule has 0 saturated heterocycles. The molecular formula is C18H26N2O6. The van der Waals surface area contributed by atoms with Crippen LogP contribution in [0.15, 0.2) is 30.3 Å². The lowest BCUT2D eigenvalue weighted by Gasteiger charge is -2.23. The van der Waals surface area contributed by atoms with Gasteiger partial charge in [0.2, 0.25) is 5.91 Å². The van der Waals surface area contributed by atoms with E-state index in [2.05, 4.69) is 15.4 Å². The molecule has 8 heteroatoms. The summed E-state index contributed by atoms with van der Waals surface area (Å²) in [6.45, 7) is 4.91. The number of methoxy groups -OCH3 is 1. The summed E-state index contributed by atoms with van der Waals surface area (Å²) in [4.78, 5) is 35.4. The van der Waals surface area contributed by atoms with Crippen molar-refractivity contribution in [2.24, 2.45) is 0 Å². The molecule has 1 aromatic rings. The fraction of sp³-hybridized carbons (Fsp3) is 0.500. The summed E-state index contributed by atoms with van der Waals surface area (Å²) in [5.74, 6) is -1.03. The maximum atomic E-state index is 12.4. The molecule has 0 saturated carbocycles. The molecule has 1 aromatic carbocycles. The second-order valence-electron chi connectivity index (χ2n) is 6.49. The average Bonchev–Trinajstić information content (AvgIpc) is 2.57. The van der Waals surface area contributed by atoms with Crippen molar-refractivity contribution in [3.05, 3.63) is 35.9 Å². The molecule has 0 heterocycles. The minimum absolute atomic E-state index is 0.199. The third-order valence-electron chi connectivity index (χ3n) is 3.05. The van der Waals surface area contributed by atoms with E-state index in [1.165, 1.54) is 7.11 Å². The Morgan fingerprint density at radius 3 is 2.35 bits per heavy atom. The van der Waals surface area contributed by atoms with Gasteiger partial charge in [0.25, 0.3) is 0 Å². The summed E-state index contributed by atoms with van der Waals surface area (Å²) in [5, 5.41) is 5.17. The van der Waals surface area contributed by atoms with Crippen LogP contribution in [0.4, 0.5) is 4.79 Å². The lowest BCUT2D eigenvalue weighted by molar-refractivity contribution is -0.146. The van der Waals surface area contributed by atoms with Crippen LogP contribution in [0.25, 0.3) is 0 Å². The van der Waals surface area contributed by atoms with Crippen LogP contribution in [0.2, 0.25) is 0 Å². The smallest absolute Gasteiger partial charge is 0.408 e. The molecule has 0 aromatic heterocycles. The van der Waals surface area contributed by atoms with Crippen LogP contribution >= 0.6 is 0 Å². The highest BCUT2D eigenvalue weighted by atomic mass is 16.6. The van der Waals surface area contributed by atoms with Crippen molar-refractivity contribution in [3.63, 3.8) is 0 Å². The fourth-order valence-electron chi connectivity index (χ4n) is 1.86. The van der Waals surface area contributed by atoms with Crippen LogP contribution in [0.1, 0.15) is 26.3 Å². The van der Waals surface area contributed by atoms with E-state index in [4.69, 9.17) is 9.47 Å². The Balaban J connectivity index is 2.63. The first-order valence-corrected chi connectivity index (χ1v) is 8.17. The van der Waals surface area contributed by atoms with Crippen molar-refractivity contribution < 1.29 is 28.6 Å². The molecule has 0 fully saturated rings. The highest BCUT2D eigenvalue weighted by Gasteiger charge is 2.24. The fourth-order valence-corrected chi connectivity index (χ4v) is 1.86.